The lowest BCUT2D eigenvalue weighted by Gasteiger charge is -2.42. The maximum atomic E-state index is 13.4. The van der Waals surface area contributed by atoms with Crippen molar-refractivity contribution in [2.75, 3.05) is 19.5 Å². The summed E-state index contributed by atoms with van der Waals surface area (Å²) in [5.74, 6) is -1.41. The molecule has 3 aliphatic heterocycles. The van der Waals surface area contributed by atoms with Crippen molar-refractivity contribution < 1.29 is 43.2 Å². The summed E-state index contributed by atoms with van der Waals surface area (Å²) in [4.78, 5) is 38.8. The molecule has 0 aliphatic carbocycles. The minimum atomic E-state index is -1.77. The first-order valence-corrected chi connectivity index (χ1v) is 14.7. The Hall–Kier alpha value is -3.12. The van der Waals surface area contributed by atoms with Gasteiger partial charge in [-0.25, -0.2) is 4.79 Å². The highest BCUT2D eigenvalue weighted by atomic mass is 35.5. The average molecular weight is 621 g/mol. The van der Waals surface area contributed by atoms with Gasteiger partial charge in [0.15, 0.2) is 5.72 Å². The highest BCUT2D eigenvalue weighted by Crippen LogP contribution is 2.49. The predicted octanol–water partition coefficient (Wildman–Crippen LogP) is 4.30. The van der Waals surface area contributed by atoms with Crippen molar-refractivity contribution in [2.24, 2.45) is 11.8 Å². The zero-order valence-electron chi connectivity index (χ0n) is 25.6. The average Bonchev–Trinajstić information content (AvgIpc) is 3.63. The van der Waals surface area contributed by atoms with Gasteiger partial charge in [-0.15, -0.1) is 0 Å². The second-order valence-corrected chi connectivity index (χ2v) is 12.4. The Kier molecular flexibility index (Phi) is 9.80. The molecule has 2 amide bonds. The number of fused-ring (bicyclic) bond motifs is 5. The Morgan fingerprint density at radius 2 is 1.95 bits per heavy atom. The Balaban J connectivity index is 1.76. The third kappa shape index (κ3) is 7.17. The van der Waals surface area contributed by atoms with E-state index >= 15 is 0 Å². The highest BCUT2D eigenvalue weighted by molar-refractivity contribution is 6.35. The van der Waals surface area contributed by atoms with E-state index in [0.717, 1.165) is 11.1 Å². The number of ether oxygens (including phenoxy) is 5. The van der Waals surface area contributed by atoms with Crippen molar-refractivity contribution in [1.82, 2.24) is 5.32 Å². The number of anilines is 1. The summed E-state index contributed by atoms with van der Waals surface area (Å²) in [7, 11) is 2.94. The van der Waals surface area contributed by atoms with Gasteiger partial charge in [0.05, 0.1) is 31.2 Å². The standard InChI is InChI=1S/C31H41ClN2O9/c1-16(2)28(36)42-24-14-25(35)33-20-12-19(13-21(39-6)26(20)32)11-17(3)9-8-10-23(40-7)31(38)15-22(41-29(37)34-31)18(4)27-30(24,5)43-27/h8-10,12-13,16,18,22-24,27,38H,11,14-15H2,1-7H3,(H,33,35)(H,34,37)/b10-8-,17-9-/t18-,22+,23-,24+,27+,30+,31+/m1/s1. The number of halogens is 1. The van der Waals surface area contributed by atoms with E-state index in [9.17, 15) is 19.5 Å². The van der Waals surface area contributed by atoms with Crippen molar-refractivity contribution in [3.05, 3.63) is 46.5 Å². The molecule has 0 aromatic heterocycles. The number of hydrogen-bond acceptors (Lipinski definition) is 9. The van der Waals surface area contributed by atoms with Gasteiger partial charge < -0.3 is 34.1 Å². The molecule has 4 bridgehead atoms. The number of benzene rings is 1. The van der Waals surface area contributed by atoms with Crippen LogP contribution < -0.4 is 15.4 Å². The van der Waals surface area contributed by atoms with Gasteiger partial charge in [0.25, 0.3) is 0 Å². The Morgan fingerprint density at radius 3 is 2.60 bits per heavy atom. The van der Waals surface area contributed by atoms with E-state index in [-0.39, 0.29) is 17.9 Å². The quantitative estimate of drug-likeness (QED) is 0.331. The van der Waals surface area contributed by atoms with Gasteiger partial charge in [0.1, 0.15) is 34.7 Å². The molecule has 4 rings (SSSR count). The van der Waals surface area contributed by atoms with E-state index in [0.29, 0.717) is 17.9 Å². The van der Waals surface area contributed by atoms with Crippen molar-refractivity contribution in [1.29, 1.82) is 0 Å². The minimum Gasteiger partial charge on any atom is -0.495 e. The van der Waals surface area contributed by atoms with Crippen LogP contribution in [-0.4, -0.2) is 73.0 Å². The Labute approximate surface area is 256 Å². The van der Waals surface area contributed by atoms with Gasteiger partial charge in [-0.05, 0) is 38.0 Å². The molecule has 3 N–H and O–H groups in total. The summed E-state index contributed by atoms with van der Waals surface area (Å²) in [6.45, 7) is 8.91. The van der Waals surface area contributed by atoms with Gasteiger partial charge in [-0.2, -0.15) is 0 Å². The number of nitrogens with one attached hydrogen (secondary N) is 2. The molecule has 0 radical (unpaired) electrons. The molecule has 2 fully saturated rings. The lowest BCUT2D eigenvalue weighted by Crippen LogP contribution is -2.63. The SMILES string of the molecule is COc1cc2cc(c1Cl)NC(=O)C[C@H](OC(=O)C(C)C)[C@]1(C)O[C@H]1[C@H](C)[C@@H]1C[C@@](O)(NC(=O)O1)[C@H](OC)/C=C\C=C(\C)C2. The van der Waals surface area contributed by atoms with Crippen LogP contribution in [0.2, 0.25) is 5.02 Å². The largest absolute Gasteiger partial charge is 0.495 e. The fraction of sp³-hybridized carbons (Fsp3) is 0.581. The molecule has 11 nitrogen and oxygen atoms in total. The van der Waals surface area contributed by atoms with Crippen LogP contribution >= 0.6 is 11.6 Å². The number of carbonyl (C=O) groups excluding carboxylic acids is 3. The van der Waals surface area contributed by atoms with Crippen LogP contribution in [0.3, 0.4) is 0 Å². The number of hydrogen-bond donors (Lipinski definition) is 3. The number of allylic oxidation sites excluding steroid dienone is 3. The first kappa shape index (κ1) is 32.8. The maximum Gasteiger partial charge on any atom is 0.409 e. The monoisotopic (exact) mass is 620 g/mol. The summed E-state index contributed by atoms with van der Waals surface area (Å²) in [5, 5.41) is 17.2. The van der Waals surface area contributed by atoms with E-state index in [2.05, 4.69) is 10.6 Å². The molecule has 1 aromatic carbocycles. The molecule has 0 unspecified atom stereocenters. The van der Waals surface area contributed by atoms with Crippen LogP contribution in [0.1, 0.15) is 53.0 Å². The number of aliphatic hydroxyl groups is 1. The van der Waals surface area contributed by atoms with Crippen LogP contribution in [0.4, 0.5) is 10.5 Å². The van der Waals surface area contributed by atoms with Crippen LogP contribution in [0, 0.1) is 11.8 Å². The van der Waals surface area contributed by atoms with Crippen LogP contribution in [0.15, 0.2) is 35.9 Å². The van der Waals surface area contributed by atoms with E-state index in [4.69, 9.17) is 35.3 Å². The second-order valence-electron chi connectivity index (χ2n) is 12.0. The van der Waals surface area contributed by atoms with E-state index in [1.165, 1.54) is 14.2 Å². The third-order valence-electron chi connectivity index (χ3n) is 8.25. The molecule has 0 spiro atoms. The first-order valence-electron chi connectivity index (χ1n) is 14.3. The predicted molar refractivity (Wildman–Crippen MR) is 159 cm³/mol. The number of carbonyl (C=O) groups is 3. The summed E-state index contributed by atoms with van der Waals surface area (Å²) in [6, 6.07) is 3.56. The third-order valence-corrected chi connectivity index (χ3v) is 8.64. The molecular weight excluding hydrogens is 580 g/mol. The molecule has 0 saturated carbocycles. The van der Waals surface area contributed by atoms with Crippen molar-refractivity contribution in [3.63, 3.8) is 0 Å². The van der Waals surface area contributed by atoms with Gasteiger partial charge in [-0.3, -0.25) is 14.9 Å². The zero-order valence-corrected chi connectivity index (χ0v) is 26.3. The Morgan fingerprint density at radius 1 is 1.23 bits per heavy atom. The van der Waals surface area contributed by atoms with Gasteiger partial charge in [0, 0.05) is 19.4 Å². The van der Waals surface area contributed by atoms with Crippen LogP contribution in [0.5, 0.6) is 5.75 Å². The first-order chi connectivity index (χ1) is 20.2. The number of amides is 2. The molecule has 7 atom stereocenters. The van der Waals surface area contributed by atoms with Gasteiger partial charge in [-0.1, -0.05) is 56.2 Å². The molecule has 3 aliphatic rings. The van der Waals surface area contributed by atoms with Gasteiger partial charge in [0.2, 0.25) is 5.91 Å². The fourth-order valence-electron chi connectivity index (χ4n) is 5.68. The molecule has 1 aromatic rings. The topological polar surface area (TPSA) is 145 Å². The van der Waals surface area contributed by atoms with Crippen LogP contribution in [0.25, 0.3) is 0 Å². The molecular formula is C31H41ClN2O9. The molecule has 2 saturated heterocycles. The molecule has 3 heterocycles. The Bertz CT molecular complexity index is 1310. The van der Waals surface area contributed by atoms with Crippen LogP contribution in [-0.2, 0) is 35.0 Å². The normalized spacial score (nSPS) is 34.9. The molecule has 43 heavy (non-hydrogen) atoms. The molecule has 236 valence electrons. The van der Waals surface area contributed by atoms with Crippen molar-refractivity contribution in [2.45, 2.75) is 89.6 Å². The van der Waals surface area contributed by atoms with E-state index in [1.54, 1.807) is 45.1 Å². The van der Waals surface area contributed by atoms with E-state index < -0.39 is 65.5 Å². The summed E-state index contributed by atoms with van der Waals surface area (Å²) < 4.78 is 28.6. The summed E-state index contributed by atoms with van der Waals surface area (Å²) in [6.07, 6.45) is 1.59. The number of epoxide rings is 1. The number of esters is 1. The zero-order chi connectivity index (χ0) is 31.7. The van der Waals surface area contributed by atoms with Gasteiger partial charge >= 0.3 is 12.1 Å². The lowest BCUT2D eigenvalue weighted by atomic mass is 9.83. The lowest BCUT2D eigenvalue weighted by molar-refractivity contribution is -0.157. The van der Waals surface area contributed by atoms with E-state index in [1.807, 2.05) is 19.9 Å². The number of rotatable bonds is 4. The minimum absolute atomic E-state index is 0.00243. The second kappa shape index (κ2) is 12.9. The van der Waals surface area contributed by atoms with Crippen molar-refractivity contribution in [3.8, 4) is 5.75 Å². The fourth-order valence-corrected chi connectivity index (χ4v) is 5.92. The highest BCUT2D eigenvalue weighted by Gasteiger charge is 2.64. The summed E-state index contributed by atoms with van der Waals surface area (Å²) >= 11 is 6.57. The smallest absolute Gasteiger partial charge is 0.409 e. The number of methoxy groups -OCH3 is 2. The molecule has 12 heteroatoms. The summed E-state index contributed by atoms with van der Waals surface area (Å²) in [5.41, 5.74) is -0.698. The number of alkyl carbamates (subject to hydrolysis) is 1. The maximum absolute atomic E-state index is 13.4. The van der Waals surface area contributed by atoms with Crippen molar-refractivity contribution >= 4 is 35.3 Å².